The third-order valence-electron chi connectivity index (χ3n) is 4.67. The minimum absolute atomic E-state index is 1.07. The van der Waals surface area contributed by atoms with Crippen molar-refractivity contribution in [3.8, 4) is 0 Å². The van der Waals surface area contributed by atoms with E-state index in [1.54, 1.807) is 0 Å². The van der Waals surface area contributed by atoms with Crippen molar-refractivity contribution in [1.29, 1.82) is 0 Å². The van der Waals surface area contributed by atoms with E-state index in [1.165, 1.54) is 82.6 Å². The highest BCUT2D eigenvalue weighted by molar-refractivity contribution is 5.09. The summed E-state index contributed by atoms with van der Waals surface area (Å²) in [6, 6.07) is 0. The molecule has 0 radical (unpaired) electrons. The molecule has 0 N–H and O–H groups in total. The van der Waals surface area contributed by atoms with E-state index in [0.717, 1.165) is 5.92 Å². The zero-order valence-corrected chi connectivity index (χ0v) is 18.4. The lowest BCUT2D eigenvalue weighted by Gasteiger charge is -2.21. The maximum absolute atomic E-state index is 2.25. The van der Waals surface area contributed by atoms with E-state index in [2.05, 4.69) is 58.1 Å². The summed E-state index contributed by atoms with van der Waals surface area (Å²) < 4.78 is 0. The maximum atomic E-state index is 2.25. The molecule has 1 fully saturated rings. The molecule has 0 amide bonds. The molecule has 1 aliphatic rings. The van der Waals surface area contributed by atoms with E-state index in [1.807, 2.05) is 13.8 Å². The van der Waals surface area contributed by atoms with Crippen molar-refractivity contribution >= 4 is 0 Å². The third-order valence-corrected chi connectivity index (χ3v) is 4.67. The summed E-state index contributed by atoms with van der Waals surface area (Å²) in [5.41, 5.74) is 1.53. The van der Waals surface area contributed by atoms with Crippen molar-refractivity contribution in [3.05, 3.63) is 36.0 Å². The van der Waals surface area contributed by atoms with Crippen LogP contribution in [-0.2, 0) is 0 Å². The third kappa shape index (κ3) is 21.2. The highest BCUT2D eigenvalue weighted by Gasteiger charge is 2.12. The highest BCUT2D eigenvalue weighted by atomic mass is 14.2. The predicted octanol–water partition coefficient (Wildman–Crippen LogP) is 9.43. The molecule has 0 unspecified atom stereocenters. The number of allylic oxidation sites excluding steroid dienone is 6. The fourth-order valence-electron chi connectivity index (χ4n) is 3.17. The molecule has 0 aromatic carbocycles. The first-order valence-electron chi connectivity index (χ1n) is 11.1. The molecule has 0 aromatic heterocycles. The second-order valence-electron chi connectivity index (χ2n) is 7.00. The van der Waals surface area contributed by atoms with Crippen molar-refractivity contribution < 1.29 is 0 Å². The van der Waals surface area contributed by atoms with Crippen LogP contribution in [-0.4, -0.2) is 0 Å². The van der Waals surface area contributed by atoms with Gasteiger partial charge in [0.1, 0.15) is 0 Å². The van der Waals surface area contributed by atoms with Crippen LogP contribution in [0.3, 0.4) is 0 Å². The molecule has 0 heteroatoms. The van der Waals surface area contributed by atoms with Gasteiger partial charge in [0, 0.05) is 0 Å². The van der Waals surface area contributed by atoms with Gasteiger partial charge in [0.15, 0.2) is 0 Å². The minimum Gasteiger partial charge on any atom is -0.0917 e. The van der Waals surface area contributed by atoms with E-state index < -0.39 is 0 Å². The zero-order valence-electron chi connectivity index (χ0n) is 18.4. The first kappa shape index (κ1) is 26.4. The Labute approximate surface area is 160 Å². The predicted molar refractivity (Wildman–Crippen MR) is 119 cm³/mol. The summed E-state index contributed by atoms with van der Waals surface area (Å²) in [6.07, 6.45) is 27.8. The monoisotopic (exact) mass is 348 g/mol. The SMILES string of the molecule is C/C=C\C=C(/C)CCCCCC1CCCCC1.C/C=C\CCC.CC. The minimum atomic E-state index is 1.07. The van der Waals surface area contributed by atoms with Crippen LogP contribution in [0.15, 0.2) is 36.0 Å². The van der Waals surface area contributed by atoms with E-state index in [-0.39, 0.29) is 0 Å². The van der Waals surface area contributed by atoms with E-state index >= 15 is 0 Å². The average Bonchev–Trinajstić information content (AvgIpc) is 2.67. The van der Waals surface area contributed by atoms with Crippen molar-refractivity contribution in [2.45, 2.75) is 119 Å². The summed E-state index contributed by atoms with van der Waals surface area (Å²) in [6.45, 7) is 12.6. The lowest BCUT2D eigenvalue weighted by Crippen LogP contribution is -2.05. The normalized spacial score (nSPS) is 15.7. The standard InChI is InChI=1S/C17H30.C6H12.C2H6/c1-3-4-11-16(2)12-7-5-8-13-17-14-9-6-10-15-17;1-3-5-6-4-2;1-2/h3-4,11,17H,5-10,12-15H2,1-2H3;3,5H,4,6H2,1-2H3;1-2H3/b4-3-,16-11+;5-3-;. The van der Waals surface area contributed by atoms with Crippen LogP contribution < -0.4 is 0 Å². The smallest absolute Gasteiger partial charge is 0.0320 e. The first-order valence-corrected chi connectivity index (χ1v) is 11.1. The molecule has 1 rings (SSSR count). The van der Waals surface area contributed by atoms with E-state index in [9.17, 15) is 0 Å². The maximum Gasteiger partial charge on any atom is -0.0320 e. The number of rotatable bonds is 9. The Hall–Kier alpha value is -0.780. The Bertz CT molecular complexity index is 313. The van der Waals surface area contributed by atoms with Gasteiger partial charge < -0.3 is 0 Å². The topological polar surface area (TPSA) is 0 Å². The van der Waals surface area contributed by atoms with Crippen LogP contribution in [0.25, 0.3) is 0 Å². The molecule has 0 saturated heterocycles. The van der Waals surface area contributed by atoms with Crippen LogP contribution in [0, 0.1) is 5.92 Å². The van der Waals surface area contributed by atoms with Gasteiger partial charge in [-0.25, -0.2) is 0 Å². The van der Waals surface area contributed by atoms with Gasteiger partial charge in [0.25, 0.3) is 0 Å². The number of hydrogen-bond acceptors (Lipinski definition) is 0. The van der Waals surface area contributed by atoms with Gasteiger partial charge in [-0.2, -0.15) is 0 Å². The number of unbranched alkanes of at least 4 members (excludes halogenated alkanes) is 3. The summed E-state index contributed by atoms with van der Waals surface area (Å²) in [5, 5.41) is 0. The number of hydrogen-bond donors (Lipinski definition) is 0. The molecular weight excluding hydrogens is 300 g/mol. The Morgan fingerprint density at radius 3 is 2.12 bits per heavy atom. The molecule has 1 aliphatic carbocycles. The molecule has 0 aromatic rings. The second kappa shape index (κ2) is 23.2. The Morgan fingerprint density at radius 2 is 1.60 bits per heavy atom. The lowest BCUT2D eigenvalue weighted by atomic mass is 9.85. The van der Waals surface area contributed by atoms with Crippen LogP contribution in [0.1, 0.15) is 119 Å². The van der Waals surface area contributed by atoms with Gasteiger partial charge in [-0.1, -0.05) is 115 Å². The summed E-state index contributed by atoms with van der Waals surface area (Å²) in [4.78, 5) is 0. The summed E-state index contributed by atoms with van der Waals surface area (Å²) in [7, 11) is 0. The second-order valence-corrected chi connectivity index (χ2v) is 7.00. The van der Waals surface area contributed by atoms with Crippen molar-refractivity contribution in [1.82, 2.24) is 0 Å². The molecule has 0 aliphatic heterocycles. The molecule has 0 heterocycles. The molecule has 0 nitrogen and oxygen atoms in total. The van der Waals surface area contributed by atoms with Crippen molar-refractivity contribution in [2.24, 2.45) is 5.92 Å². The van der Waals surface area contributed by atoms with E-state index in [4.69, 9.17) is 0 Å². The van der Waals surface area contributed by atoms with E-state index in [0.29, 0.717) is 0 Å². The van der Waals surface area contributed by atoms with Crippen LogP contribution in [0.4, 0.5) is 0 Å². The summed E-state index contributed by atoms with van der Waals surface area (Å²) in [5.74, 6) is 1.07. The van der Waals surface area contributed by atoms with Gasteiger partial charge in [-0.15, -0.1) is 0 Å². The molecule has 0 atom stereocenters. The largest absolute Gasteiger partial charge is 0.0917 e. The Balaban J connectivity index is 0. The average molecular weight is 349 g/mol. The summed E-state index contributed by atoms with van der Waals surface area (Å²) >= 11 is 0. The van der Waals surface area contributed by atoms with Gasteiger partial charge in [-0.05, 0) is 46.0 Å². The van der Waals surface area contributed by atoms with Crippen LogP contribution in [0.2, 0.25) is 0 Å². The van der Waals surface area contributed by atoms with Gasteiger partial charge in [0.05, 0.1) is 0 Å². The van der Waals surface area contributed by atoms with Gasteiger partial charge >= 0.3 is 0 Å². The molecule has 0 bridgehead atoms. The fraction of sp³-hybridized carbons (Fsp3) is 0.760. The quantitative estimate of drug-likeness (QED) is 0.221. The molecule has 1 saturated carbocycles. The van der Waals surface area contributed by atoms with Gasteiger partial charge in [-0.3, -0.25) is 0 Å². The molecule has 25 heavy (non-hydrogen) atoms. The Morgan fingerprint density at radius 1 is 0.920 bits per heavy atom. The van der Waals surface area contributed by atoms with Crippen LogP contribution >= 0.6 is 0 Å². The van der Waals surface area contributed by atoms with Crippen molar-refractivity contribution in [3.63, 3.8) is 0 Å². The zero-order chi connectivity index (χ0) is 19.2. The van der Waals surface area contributed by atoms with Gasteiger partial charge in [0.2, 0.25) is 0 Å². The molecule has 0 spiro atoms. The first-order chi connectivity index (χ1) is 12.2. The lowest BCUT2D eigenvalue weighted by molar-refractivity contribution is 0.328. The van der Waals surface area contributed by atoms with Crippen LogP contribution in [0.5, 0.6) is 0 Å². The Kier molecular flexibility index (Phi) is 24.6. The molecular formula is C25H48. The fourth-order valence-corrected chi connectivity index (χ4v) is 3.17. The van der Waals surface area contributed by atoms with Crippen molar-refractivity contribution in [2.75, 3.05) is 0 Å². The highest BCUT2D eigenvalue weighted by Crippen LogP contribution is 2.28. The molecule has 148 valence electrons.